The molecular weight excluding hydrogens is 396 g/mol. The summed E-state index contributed by atoms with van der Waals surface area (Å²) in [5.74, 6) is -0.981. The minimum Gasteiger partial charge on any atom is -0.453 e. The number of hydrogen-bond donors (Lipinski definition) is 1. The number of carbonyl (C=O) groups excluding carboxylic acids is 2. The summed E-state index contributed by atoms with van der Waals surface area (Å²) in [5.41, 5.74) is 2.14. The summed E-state index contributed by atoms with van der Waals surface area (Å²) in [6, 6.07) is 25.1. The molecule has 0 unspecified atom stereocenters. The van der Waals surface area contributed by atoms with Crippen LogP contribution in [0.5, 0.6) is 0 Å². The Kier molecular flexibility index (Phi) is 7.61. The van der Waals surface area contributed by atoms with E-state index in [4.69, 9.17) is 4.74 Å². The predicted octanol–water partition coefficient (Wildman–Crippen LogP) is 2.61. The molecule has 0 aliphatic rings. The van der Waals surface area contributed by atoms with Gasteiger partial charge in [-0.2, -0.15) is 0 Å². The lowest BCUT2D eigenvalue weighted by Gasteiger charge is -2.19. The first-order valence-corrected chi connectivity index (χ1v) is 9.86. The average molecular weight is 419 g/mol. The number of non-ortho nitro benzene ring substituents is 1. The fraction of sp³-hybridized carbons (Fsp3) is 0.167. The van der Waals surface area contributed by atoms with Crippen molar-refractivity contribution in [1.82, 2.24) is 0 Å². The van der Waals surface area contributed by atoms with Gasteiger partial charge in [0.2, 0.25) is 5.78 Å². The van der Waals surface area contributed by atoms with E-state index in [1.54, 1.807) is 0 Å². The zero-order valence-corrected chi connectivity index (χ0v) is 16.9. The molecule has 158 valence electrons. The molecule has 0 spiro atoms. The number of nitro benzene ring substituents is 1. The fourth-order valence-electron chi connectivity index (χ4n) is 3.23. The van der Waals surface area contributed by atoms with Gasteiger partial charge in [0.25, 0.3) is 5.69 Å². The Bertz CT molecular complexity index is 997. The Hall–Kier alpha value is -3.84. The fourth-order valence-corrected chi connectivity index (χ4v) is 3.23. The second kappa shape index (κ2) is 10.8. The van der Waals surface area contributed by atoms with E-state index < -0.39 is 23.3 Å². The summed E-state index contributed by atoms with van der Waals surface area (Å²) in [6.07, 6.45) is 0. The molecule has 0 fully saturated rings. The Morgan fingerprint density at radius 1 is 0.839 bits per heavy atom. The molecule has 0 saturated heterocycles. The highest BCUT2D eigenvalue weighted by Crippen LogP contribution is 2.13. The van der Waals surface area contributed by atoms with Gasteiger partial charge in [0.1, 0.15) is 13.1 Å². The zero-order chi connectivity index (χ0) is 22.1. The molecule has 7 nitrogen and oxygen atoms in total. The summed E-state index contributed by atoms with van der Waals surface area (Å²) in [7, 11) is 0. The number of nitrogens with one attached hydrogen (secondary N) is 1. The highest BCUT2D eigenvalue weighted by molar-refractivity contribution is 5.98. The predicted molar refractivity (Wildman–Crippen MR) is 115 cm³/mol. The SMILES string of the molecule is O=C(C[NH+](Cc1ccccc1)Cc1ccccc1)OCC(=O)c1cccc([N+](=O)[O-])c1. The van der Waals surface area contributed by atoms with Crippen molar-refractivity contribution in [2.45, 2.75) is 13.1 Å². The molecule has 3 aromatic carbocycles. The van der Waals surface area contributed by atoms with Gasteiger partial charge in [-0.3, -0.25) is 14.9 Å². The lowest BCUT2D eigenvalue weighted by Crippen LogP contribution is -3.10. The number of nitrogens with zero attached hydrogens (tertiary/aromatic N) is 1. The largest absolute Gasteiger partial charge is 0.453 e. The number of ketones is 1. The zero-order valence-electron chi connectivity index (χ0n) is 16.9. The van der Waals surface area contributed by atoms with Crippen molar-refractivity contribution in [2.75, 3.05) is 13.2 Å². The molecule has 0 radical (unpaired) electrons. The third-order valence-corrected chi connectivity index (χ3v) is 4.73. The van der Waals surface area contributed by atoms with Crippen LogP contribution >= 0.6 is 0 Å². The van der Waals surface area contributed by atoms with Gasteiger partial charge < -0.3 is 9.64 Å². The van der Waals surface area contributed by atoms with Crippen molar-refractivity contribution in [1.29, 1.82) is 0 Å². The van der Waals surface area contributed by atoms with E-state index in [1.165, 1.54) is 24.3 Å². The van der Waals surface area contributed by atoms with E-state index in [-0.39, 0.29) is 17.8 Å². The van der Waals surface area contributed by atoms with Crippen LogP contribution in [0.1, 0.15) is 21.5 Å². The molecule has 0 amide bonds. The summed E-state index contributed by atoms with van der Waals surface area (Å²) >= 11 is 0. The van der Waals surface area contributed by atoms with E-state index >= 15 is 0 Å². The van der Waals surface area contributed by atoms with E-state index in [0.717, 1.165) is 16.0 Å². The van der Waals surface area contributed by atoms with Crippen LogP contribution in [-0.4, -0.2) is 29.8 Å². The Labute approximate surface area is 180 Å². The van der Waals surface area contributed by atoms with Crippen LogP contribution in [0.2, 0.25) is 0 Å². The van der Waals surface area contributed by atoms with Crippen molar-refractivity contribution in [2.24, 2.45) is 0 Å². The van der Waals surface area contributed by atoms with E-state index in [0.29, 0.717) is 13.1 Å². The van der Waals surface area contributed by atoms with Crippen LogP contribution in [0.15, 0.2) is 84.9 Å². The monoisotopic (exact) mass is 419 g/mol. The molecule has 3 aromatic rings. The molecule has 7 heteroatoms. The van der Waals surface area contributed by atoms with Gasteiger partial charge in [-0.05, 0) is 0 Å². The van der Waals surface area contributed by atoms with E-state index in [9.17, 15) is 19.7 Å². The molecule has 0 saturated carbocycles. The standard InChI is InChI=1S/C24H22N2O5/c27-23(21-12-7-13-22(14-21)26(29)30)18-31-24(28)17-25(15-19-8-3-1-4-9-19)16-20-10-5-2-6-11-20/h1-14H,15-18H2/p+1. The van der Waals surface area contributed by atoms with E-state index in [1.807, 2.05) is 60.7 Å². The summed E-state index contributed by atoms with van der Waals surface area (Å²) in [6.45, 7) is 0.892. The molecule has 3 rings (SSSR count). The van der Waals surface area contributed by atoms with Crippen LogP contribution in [0.3, 0.4) is 0 Å². The van der Waals surface area contributed by atoms with Crippen LogP contribution in [-0.2, 0) is 22.6 Å². The van der Waals surface area contributed by atoms with Gasteiger partial charge in [0.15, 0.2) is 13.2 Å². The van der Waals surface area contributed by atoms with E-state index in [2.05, 4.69) is 0 Å². The molecule has 0 heterocycles. The molecule has 0 aliphatic carbocycles. The number of quaternary nitrogens is 1. The summed E-state index contributed by atoms with van der Waals surface area (Å²) in [4.78, 5) is 36.0. The lowest BCUT2D eigenvalue weighted by atomic mass is 10.1. The Morgan fingerprint density at radius 3 is 1.97 bits per heavy atom. The quantitative estimate of drug-likeness (QED) is 0.236. The number of esters is 1. The number of carbonyl (C=O) groups is 2. The first kappa shape index (κ1) is 21.9. The minimum absolute atomic E-state index is 0.0893. The minimum atomic E-state index is -0.572. The maximum absolute atomic E-state index is 12.4. The first-order chi connectivity index (χ1) is 15.0. The highest BCUT2D eigenvalue weighted by Gasteiger charge is 2.19. The van der Waals surface area contributed by atoms with Gasteiger partial charge in [-0.15, -0.1) is 0 Å². The topological polar surface area (TPSA) is 91.0 Å². The smallest absolute Gasteiger partial charge is 0.362 e. The molecule has 0 atom stereocenters. The number of hydrogen-bond acceptors (Lipinski definition) is 5. The van der Waals surface area contributed by atoms with Crippen molar-refractivity contribution < 1.29 is 24.1 Å². The molecule has 0 bridgehead atoms. The second-order valence-electron chi connectivity index (χ2n) is 7.14. The highest BCUT2D eigenvalue weighted by atomic mass is 16.6. The second-order valence-corrected chi connectivity index (χ2v) is 7.14. The summed E-state index contributed by atoms with van der Waals surface area (Å²) < 4.78 is 5.19. The normalized spacial score (nSPS) is 10.6. The number of nitro groups is 1. The molecule has 1 N–H and O–H groups in total. The molecule has 31 heavy (non-hydrogen) atoms. The molecule has 0 aromatic heterocycles. The number of ether oxygens (including phenoxy) is 1. The maximum Gasteiger partial charge on any atom is 0.362 e. The Balaban J connectivity index is 1.60. The van der Waals surface area contributed by atoms with Crippen LogP contribution in [0.25, 0.3) is 0 Å². The first-order valence-electron chi connectivity index (χ1n) is 9.86. The summed E-state index contributed by atoms with van der Waals surface area (Å²) in [5, 5.41) is 10.9. The maximum atomic E-state index is 12.4. The third-order valence-electron chi connectivity index (χ3n) is 4.73. The van der Waals surface area contributed by atoms with Gasteiger partial charge in [0, 0.05) is 28.8 Å². The number of rotatable bonds is 10. The van der Waals surface area contributed by atoms with Gasteiger partial charge in [0.05, 0.1) is 4.92 Å². The van der Waals surface area contributed by atoms with Crippen LogP contribution in [0, 0.1) is 10.1 Å². The molecular formula is C24H23N2O5+. The van der Waals surface area contributed by atoms with Crippen LogP contribution in [0.4, 0.5) is 5.69 Å². The van der Waals surface area contributed by atoms with Gasteiger partial charge in [-0.25, -0.2) is 4.79 Å². The van der Waals surface area contributed by atoms with Crippen molar-refractivity contribution >= 4 is 17.4 Å². The molecule has 0 aliphatic heterocycles. The van der Waals surface area contributed by atoms with Crippen molar-refractivity contribution in [3.8, 4) is 0 Å². The Morgan fingerprint density at radius 2 is 1.42 bits per heavy atom. The van der Waals surface area contributed by atoms with Crippen LogP contribution < -0.4 is 4.90 Å². The van der Waals surface area contributed by atoms with Gasteiger partial charge in [-0.1, -0.05) is 72.8 Å². The number of Topliss-reactive ketones (excluding diaryl/α,β-unsaturated/α-hetero) is 1. The van der Waals surface area contributed by atoms with Gasteiger partial charge >= 0.3 is 5.97 Å². The average Bonchev–Trinajstić information content (AvgIpc) is 2.79. The third kappa shape index (κ3) is 6.87. The lowest BCUT2D eigenvalue weighted by molar-refractivity contribution is -0.920. The van der Waals surface area contributed by atoms with Crippen molar-refractivity contribution in [3.05, 3.63) is 112 Å². The van der Waals surface area contributed by atoms with Crippen molar-refractivity contribution in [3.63, 3.8) is 0 Å². The number of benzene rings is 3.